The molecule has 4 heterocycles. The molecule has 0 bridgehead atoms. The second kappa shape index (κ2) is 9.14. The molecule has 3 aromatic heterocycles. The van der Waals surface area contributed by atoms with Crippen molar-refractivity contribution >= 4 is 28.0 Å². The Bertz CT molecular complexity index is 1120. The van der Waals surface area contributed by atoms with E-state index in [4.69, 9.17) is 9.72 Å². The molecule has 1 fully saturated rings. The van der Waals surface area contributed by atoms with E-state index in [-0.39, 0.29) is 0 Å². The zero-order valence-corrected chi connectivity index (χ0v) is 17.8. The van der Waals surface area contributed by atoms with Gasteiger partial charge >= 0.3 is 0 Å². The number of hydrogen-bond acceptors (Lipinski definition) is 7. The normalized spacial score (nSPS) is 15.7. The van der Waals surface area contributed by atoms with Crippen molar-refractivity contribution in [2.75, 3.05) is 16.8 Å². The van der Waals surface area contributed by atoms with E-state index in [2.05, 4.69) is 55.9 Å². The van der Waals surface area contributed by atoms with Gasteiger partial charge in [0.2, 0.25) is 0 Å². The molecule has 6 nitrogen and oxygen atoms in total. The standard InChI is InChI=1S/C24H23N5OS/c1-2-6-19(7-3-1)29-15-5-8-21(29)20-17-31-24(27-20)28-23-22(9-4-12-26-23)30-16-18-10-13-25-14-11-18/h1-4,6-7,9-14,17,21H,5,8,15-16H2,(H,26,27,28)/t21-/m1/s1. The Morgan fingerprint density at radius 3 is 2.77 bits per heavy atom. The molecule has 1 atom stereocenters. The third-order valence-electron chi connectivity index (χ3n) is 5.34. The van der Waals surface area contributed by atoms with Gasteiger partial charge in [0.05, 0.1) is 11.7 Å². The number of benzene rings is 1. The Labute approximate surface area is 185 Å². The average molecular weight is 430 g/mol. The van der Waals surface area contributed by atoms with E-state index in [0.29, 0.717) is 24.2 Å². The van der Waals surface area contributed by atoms with Crippen LogP contribution in [0.15, 0.2) is 78.6 Å². The Morgan fingerprint density at radius 1 is 1.03 bits per heavy atom. The van der Waals surface area contributed by atoms with Crippen molar-refractivity contribution in [2.45, 2.75) is 25.5 Å². The number of ether oxygens (including phenoxy) is 1. The van der Waals surface area contributed by atoms with Crippen molar-refractivity contribution < 1.29 is 4.74 Å². The Morgan fingerprint density at radius 2 is 1.90 bits per heavy atom. The van der Waals surface area contributed by atoms with E-state index >= 15 is 0 Å². The van der Waals surface area contributed by atoms with Gasteiger partial charge in [-0.2, -0.15) is 0 Å². The van der Waals surface area contributed by atoms with Gasteiger partial charge in [0.15, 0.2) is 16.7 Å². The number of hydrogen-bond donors (Lipinski definition) is 1. The Hall–Kier alpha value is -3.45. The van der Waals surface area contributed by atoms with Crippen molar-refractivity contribution in [3.05, 3.63) is 89.8 Å². The van der Waals surface area contributed by atoms with Gasteiger partial charge in [0.1, 0.15) is 6.61 Å². The van der Waals surface area contributed by atoms with Gasteiger partial charge in [-0.05, 0) is 54.8 Å². The lowest BCUT2D eigenvalue weighted by Gasteiger charge is -2.25. The zero-order valence-electron chi connectivity index (χ0n) is 17.0. The average Bonchev–Trinajstić information content (AvgIpc) is 3.49. The quantitative estimate of drug-likeness (QED) is 0.413. The van der Waals surface area contributed by atoms with Crippen LogP contribution in [0, 0.1) is 0 Å². The van der Waals surface area contributed by atoms with Crippen LogP contribution in [0.5, 0.6) is 5.75 Å². The lowest BCUT2D eigenvalue weighted by atomic mass is 10.1. The first kappa shape index (κ1) is 19.5. The summed E-state index contributed by atoms with van der Waals surface area (Å²) in [6, 6.07) is 18.6. The second-order valence-corrected chi connectivity index (χ2v) is 8.24. The largest absolute Gasteiger partial charge is 0.485 e. The maximum atomic E-state index is 5.99. The monoisotopic (exact) mass is 429 g/mol. The van der Waals surface area contributed by atoms with E-state index in [1.807, 2.05) is 24.3 Å². The fraction of sp³-hybridized carbons (Fsp3) is 0.208. The molecule has 0 radical (unpaired) electrons. The highest BCUT2D eigenvalue weighted by Gasteiger charge is 2.28. The number of aromatic nitrogens is 3. The first-order valence-electron chi connectivity index (χ1n) is 10.4. The maximum absolute atomic E-state index is 5.99. The molecule has 1 aliphatic heterocycles. The SMILES string of the molecule is c1ccc(N2CCC[C@@H]2c2csc(Nc3ncccc3OCc3ccncc3)n2)cc1. The van der Waals surface area contributed by atoms with Crippen LogP contribution in [0.2, 0.25) is 0 Å². The molecule has 1 aliphatic rings. The van der Waals surface area contributed by atoms with Crippen LogP contribution in [-0.2, 0) is 6.61 Å². The molecule has 0 aliphatic carbocycles. The minimum atomic E-state index is 0.306. The van der Waals surface area contributed by atoms with Crippen LogP contribution < -0.4 is 15.0 Å². The molecule has 0 saturated carbocycles. The number of nitrogens with zero attached hydrogens (tertiary/aromatic N) is 4. The molecule has 0 amide bonds. The first-order chi connectivity index (χ1) is 15.4. The Kier molecular flexibility index (Phi) is 5.75. The van der Waals surface area contributed by atoms with Crippen molar-refractivity contribution in [2.24, 2.45) is 0 Å². The second-order valence-electron chi connectivity index (χ2n) is 7.38. The van der Waals surface area contributed by atoms with Crippen LogP contribution in [0.3, 0.4) is 0 Å². The van der Waals surface area contributed by atoms with Crippen molar-refractivity contribution in [3.63, 3.8) is 0 Å². The highest BCUT2D eigenvalue weighted by Crippen LogP contribution is 2.37. The summed E-state index contributed by atoms with van der Waals surface area (Å²) < 4.78 is 5.99. The molecule has 156 valence electrons. The van der Waals surface area contributed by atoms with Gasteiger partial charge in [-0.15, -0.1) is 11.3 Å². The number of thiazole rings is 1. The summed E-state index contributed by atoms with van der Waals surface area (Å²) in [5, 5.41) is 6.32. The summed E-state index contributed by atoms with van der Waals surface area (Å²) in [6.45, 7) is 1.52. The molecule has 31 heavy (non-hydrogen) atoms. The summed E-state index contributed by atoms with van der Waals surface area (Å²) in [5.41, 5.74) is 3.41. The Balaban J connectivity index is 1.30. The van der Waals surface area contributed by atoms with Crippen LogP contribution >= 0.6 is 11.3 Å². The van der Waals surface area contributed by atoms with Crippen LogP contribution in [0.4, 0.5) is 16.6 Å². The molecule has 0 spiro atoms. The van der Waals surface area contributed by atoms with E-state index in [1.165, 1.54) is 12.1 Å². The van der Waals surface area contributed by atoms with Crippen LogP contribution in [0.1, 0.15) is 30.1 Å². The molecule has 1 aromatic carbocycles. The number of rotatable bonds is 7. The molecular formula is C24H23N5OS. The first-order valence-corrected chi connectivity index (χ1v) is 11.3. The van der Waals surface area contributed by atoms with Crippen molar-refractivity contribution in [1.82, 2.24) is 15.0 Å². The fourth-order valence-corrected chi connectivity index (χ4v) is 4.60. The van der Waals surface area contributed by atoms with Gasteiger partial charge in [0, 0.05) is 36.2 Å². The third kappa shape index (κ3) is 4.51. The zero-order chi connectivity index (χ0) is 20.9. The summed E-state index contributed by atoms with van der Waals surface area (Å²) in [5.74, 6) is 1.37. The maximum Gasteiger partial charge on any atom is 0.188 e. The molecule has 0 unspecified atom stereocenters. The van der Waals surface area contributed by atoms with E-state index in [1.54, 1.807) is 29.9 Å². The highest BCUT2D eigenvalue weighted by molar-refractivity contribution is 7.13. The smallest absolute Gasteiger partial charge is 0.188 e. The van der Waals surface area contributed by atoms with Crippen molar-refractivity contribution in [3.8, 4) is 5.75 Å². The van der Waals surface area contributed by atoms with E-state index in [9.17, 15) is 0 Å². The van der Waals surface area contributed by atoms with E-state index < -0.39 is 0 Å². The van der Waals surface area contributed by atoms with Gasteiger partial charge in [-0.25, -0.2) is 9.97 Å². The number of pyridine rings is 2. The molecule has 5 rings (SSSR count). The molecule has 1 saturated heterocycles. The summed E-state index contributed by atoms with van der Waals surface area (Å²) in [7, 11) is 0. The van der Waals surface area contributed by atoms with Crippen LogP contribution in [0.25, 0.3) is 0 Å². The van der Waals surface area contributed by atoms with E-state index in [0.717, 1.165) is 29.4 Å². The molecular weight excluding hydrogens is 406 g/mol. The molecule has 4 aromatic rings. The predicted molar refractivity (Wildman–Crippen MR) is 124 cm³/mol. The number of anilines is 3. The minimum Gasteiger partial charge on any atom is -0.485 e. The molecule has 7 heteroatoms. The lowest BCUT2D eigenvalue weighted by molar-refractivity contribution is 0.306. The predicted octanol–water partition coefficient (Wildman–Crippen LogP) is 5.60. The van der Waals surface area contributed by atoms with Gasteiger partial charge in [-0.1, -0.05) is 18.2 Å². The topological polar surface area (TPSA) is 63.2 Å². The van der Waals surface area contributed by atoms with Crippen LogP contribution in [-0.4, -0.2) is 21.5 Å². The van der Waals surface area contributed by atoms with Gasteiger partial charge < -0.3 is 15.0 Å². The third-order valence-corrected chi connectivity index (χ3v) is 6.12. The van der Waals surface area contributed by atoms with Gasteiger partial charge in [-0.3, -0.25) is 4.98 Å². The number of para-hydroxylation sites is 1. The number of nitrogens with one attached hydrogen (secondary N) is 1. The fourth-order valence-electron chi connectivity index (χ4n) is 3.84. The summed E-state index contributed by atoms with van der Waals surface area (Å²) in [4.78, 5) is 15.8. The highest BCUT2D eigenvalue weighted by atomic mass is 32.1. The summed E-state index contributed by atoms with van der Waals surface area (Å²) in [6.07, 6.45) is 7.57. The molecule has 1 N–H and O–H groups in total. The minimum absolute atomic E-state index is 0.306. The van der Waals surface area contributed by atoms with Crippen molar-refractivity contribution in [1.29, 1.82) is 0 Å². The lowest BCUT2D eigenvalue weighted by Crippen LogP contribution is -2.22. The summed E-state index contributed by atoms with van der Waals surface area (Å²) >= 11 is 1.60. The van der Waals surface area contributed by atoms with Gasteiger partial charge in [0.25, 0.3) is 0 Å².